The molecule has 20 heavy (non-hydrogen) atoms. The first-order valence-corrected chi connectivity index (χ1v) is 7.04. The molecule has 1 aliphatic rings. The van der Waals surface area contributed by atoms with E-state index in [0.717, 1.165) is 24.5 Å². The molecule has 110 valence electrons. The average molecular weight is 278 g/mol. The van der Waals surface area contributed by atoms with Gasteiger partial charge in [0.15, 0.2) is 0 Å². The van der Waals surface area contributed by atoms with Gasteiger partial charge < -0.3 is 20.0 Å². The van der Waals surface area contributed by atoms with E-state index in [1.165, 1.54) is 24.7 Å². The maximum Gasteiger partial charge on any atom is 0.223 e. The number of benzene rings is 1. The summed E-state index contributed by atoms with van der Waals surface area (Å²) < 4.78 is 0. The first kappa shape index (κ1) is 14.8. The van der Waals surface area contributed by atoms with Gasteiger partial charge in [-0.2, -0.15) is 0 Å². The van der Waals surface area contributed by atoms with Gasteiger partial charge in [0, 0.05) is 31.4 Å². The third-order valence-corrected chi connectivity index (χ3v) is 3.62. The number of aliphatic hydroxyl groups is 2. The minimum atomic E-state index is -0.919. The van der Waals surface area contributed by atoms with Crippen LogP contribution in [0.3, 0.4) is 0 Å². The van der Waals surface area contributed by atoms with Gasteiger partial charge in [-0.3, -0.25) is 4.79 Å². The number of rotatable bonds is 5. The molecule has 1 atom stereocenters. The quantitative estimate of drug-likeness (QED) is 0.843. The lowest BCUT2D eigenvalue weighted by molar-refractivity contribution is -0.117. The fourth-order valence-electron chi connectivity index (χ4n) is 2.50. The molecule has 1 aliphatic heterocycles. The normalized spacial score (nSPS) is 16.2. The van der Waals surface area contributed by atoms with Gasteiger partial charge in [-0.05, 0) is 37.1 Å². The molecule has 0 aromatic heterocycles. The highest BCUT2D eigenvalue weighted by Gasteiger charge is 2.17. The summed E-state index contributed by atoms with van der Waals surface area (Å²) in [4.78, 5) is 15.5. The van der Waals surface area contributed by atoms with Crippen molar-refractivity contribution in [3.8, 4) is 0 Å². The van der Waals surface area contributed by atoms with Crippen LogP contribution in [0.1, 0.15) is 19.8 Å². The van der Waals surface area contributed by atoms with Crippen molar-refractivity contribution < 1.29 is 15.0 Å². The van der Waals surface area contributed by atoms with Crippen LogP contribution in [-0.4, -0.2) is 48.5 Å². The van der Waals surface area contributed by atoms with Crippen molar-refractivity contribution in [3.63, 3.8) is 0 Å². The van der Waals surface area contributed by atoms with E-state index in [-0.39, 0.29) is 19.1 Å². The Morgan fingerprint density at radius 3 is 2.40 bits per heavy atom. The van der Waals surface area contributed by atoms with E-state index in [1.54, 1.807) is 0 Å². The van der Waals surface area contributed by atoms with Gasteiger partial charge in [0.2, 0.25) is 5.91 Å². The lowest BCUT2D eigenvalue weighted by Crippen LogP contribution is -2.37. The van der Waals surface area contributed by atoms with Crippen LogP contribution in [0, 0.1) is 0 Å². The van der Waals surface area contributed by atoms with Crippen molar-refractivity contribution in [2.45, 2.75) is 25.9 Å². The van der Waals surface area contributed by atoms with E-state index in [2.05, 4.69) is 4.90 Å². The Bertz CT molecular complexity index is 441. The van der Waals surface area contributed by atoms with Crippen LogP contribution in [-0.2, 0) is 4.79 Å². The molecular formula is C15H22N2O3. The van der Waals surface area contributed by atoms with Gasteiger partial charge in [0.25, 0.3) is 0 Å². The van der Waals surface area contributed by atoms with Gasteiger partial charge in [-0.25, -0.2) is 0 Å². The Morgan fingerprint density at radius 1 is 1.30 bits per heavy atom. The highest BCUT2D eigenvalue weighted by molar-refractivity contribution is 5.91. The molecule has 5 nitrogen and oxygen atoms in total. The molecule has 0 bridgehead atoms. The van der Waals surface area contributed by atoms with Gasteiger partial charge in [0.05, 0.1) is 19.3 Å². The van der Waals surface area contributed by atoms with E-state index in [9.17, 15) is 9.90 Å². The zero-order valence-corrected chi connectivity index (χ0v) is 11.8. The Morgan fingerprint density at radius 2 is 1.90 bits per heavy atom. The summed E-state index contributed by atoms with van der Waals surface area (Å²) in [6.45, 7) is 3.38. The Kier molecular flexibility index (Phi) is 4.98. The molecule has 1 aromatic carbocycles. The molecule has 5 heteroatoms. The molecule has 1 amide bonds. The Hall–Kier alpha value is -1.59. The fourth-order valence-corrected chi connectivity index (χ4v) is 2.50. The molecule has 1 heterocycles. The van der Waals surface area contributed by atoms with Crippen LogP contribution in [0.2, 0.25) is 0 Å². The summed E-state index contributed by atoms with van der Waals surface area (Å²) in [6.07, 6.45) is 1.53. The number of carbonyl (C=O) groups is 1. The number of hydrogen-bond donors (Lipinski definition) is 2. The number of amides is 1. The monoisotopic (exact) mass is 278 g/mol. The highest BCUT2D eigenvalue weighted by atomic mass is 16.3. The summed E-state index contributed by atoms with van der Waals surface area (Å²) in [5.74, 6) is -0.147. The van der Waals surface area contributed by atoms with Crippen LogP contribution in [0.5, 0.6) is 0 Å². The smallest absolute Gasteiger partial charge is 0.223 e. The first-order chi connectivity index (χ1) is 9.61. The molecule has 2 N–H and O–H groups in total. The van der Waals surface area contributed by atoms with Crippen molar-refractivity contribution in [2.24, 2.45) is 0 Å². The molecule has 0 spiro atoms. The van der Waals surface area contributed by atoms with E-state index >= 15 is 0 Å². The molecule has 0 aliphatic carbocycles. The summed E-state index contributed by atoms with van der Waals surface area (Å²) in [5, 5.41) is 18.4. The molecule has 1 aromatic rings. The van der Waals surface area contributed by atoms with E-state index in [0.29, 0.717) is 0 Å². The van der Waals surface area contributed by atoms with Gasteiger partial charge in [-0.1, -0.05) is 0 Å². The Balaban J connectivity index is 2.11. The van der Waals surface area contributed by atoms with Crippen LogP contribution in [0.25, 0.3) is 0 Å². The van der Waals surface area contributed by atoms with Crippen molar-refractivity contribution in [2.75, 3.05) is 36.0 Å². The molecular weight excluding hydrogens is 256 g/mol. The minimum Gasteiger partial charge on any atom is -0.394 e. The number of aliphatic hydroxyl groups excluding tert-OH is 2. The van der Waals surface area contributed by atoms with Crippen molar-refractivity contribution in [1.82, 2.24) is 0 Å². The predicted molar refractivity (Wildman–Crippen MR) is 79.0 cm³/mol. The van der Waals surface area contributed by atoms with Crippen molar-refractivity contribution in [3.05, 3.63) is 24.3 Å². The van der Waals surface area contributed by atoms with Gasteiger partial charge in [-0.15, -0.1) is 0 Å². The van der Waals surface area contributed by atoms with Gasteiger partial charge in [0.1, 0.15) is 0 Å². The highest BCUT2D eigenvalue weighted by Crippen LogP contribution is 2.24. The number of hydrogen-bond acceptors (Lipinski definition) is 4. The third kappa shape index (κ3) is 3.49. The first-order valence-electron chi connectivity index (χ1n) is 7.04. The lowest BCUT2D eigenvalue weighted by Gasteiger charge is -2.24. The van der Waals surface area contributed by atoms with Gasteiger partial charge >= 0.3 is 0 Å². The van der Waals surface area contributed by atoms with Crippen molar-refractivity contribution >= 4 is 17.3 Å². The second-order valence-corrected chi connectivity index (χ2v) is 5.18. The molecule has 2 rings (SSSR count). The van der Waals surface area contributed by atoms with E-state index in [1.807, 2.05) is 24.3 Å². The Labute approximate surface area is 119 Å². The van der Waals surface area contributed by atoms with E-state index in [4.69, 9.17) is 5.11 Å². The van der Waals surface area contributed by atoms with Crippen LogP contribution in [0.15, 0.2) is 24.3 Å². The van der Waals surface area contributed by atoms with E-state index < -0.39 is 6.10 Å². The minimum absolute atomic E-state index is 0.106. The molecule has 0 radical (unpaired) electrons. The lowest BCUT2D eigenvalue weighted by atomic mass is 10.2. The maximum absolute atomic E-state index is 11.7. The molecule has 1 saturated heterocycles. The standard InChI is InChI=1S/C15H22N2O3/c1-12(19)17(10-15(20)11-18)14-6-4-13(5-7-14)16-8-2-3-9-16/h4-7,15,18,20H,2-3,8-11H2,1H3. The van der Waals surface area contributed by atoms with Crippen LogP contribution < -0.4 is 9.80 Å². The number of anilines is 2. The summed E-state index contributed by atoms with van der Waals surface area (Å²) in [7, 11) is 0. The van der Waals surface area contributed by atoms with Crippen LogP contribution >= 0.6 is 0 Å². The summed E-state index contributed by atoms with van der Waals surface area (Å²) in [6, 6.07) is 7.78. The average Bonchev–Trinajstić information content (AvgIpc) is 2.98. The maximum atomic E-state index is 11.7. The number of carbonyl (C=O) groups excluding carboxylic acids is 1. The SMILES string of the molecule is CC(=O)N(CC(O)CO)c1ccc(N2CCCC2)cc1. The van der Waals surface area contributed by atoms with Crippen LogP contribution in [0.4, 0.5) is 11.4 Å². The third-order valence-electron chi connectivity index (χ3n) is 3.62. The van der Waals surface area contributed by atoms with Crippen molar-refractivity contribution in [1.29, 1.82) is 0 Å². The topological polar surface area (TPSA) is 64.0 Å². The molecule has 1 fully saturated rings. The number of nitrogens with zero attached hydrogens (tertiary/aromatic N) is 2. The second-order valence-electron chi connectivity index (χ2n) is 5.18. The molecule has 1 unspecified atom stereocenters. The summed E-state index contributed by atoms with van der Waals surface area (Å²) >= 11 is 0. The largest absolute Gasteiger partial charge is 0.394 e. The predicted octanol–water partition coefficient (Wildman–Crippen LogP) is 0.993. The zero-order chi connectivity index (χ0) is 14.5. The fraction of sp³-hybridized carbons (Fsp3) is 0.533. The zero-order valence-electron chi connectivity index (χ0n) is 11.8. The molecule has 0 saturated carbocycles. The second kappa shape index (κ2) is 6.72. The summed E-state index contributed by atoms with van der Waals surface area (Å²) in [5.41, 5.74) is 1.91.